The number of likely N-dealkylation sites (N-methyl/N-ethyl adjacent to an activating group) is 1. The Morgan fingerprint density at radius 3 is 2.75 bits per heavy atom. The number of nitrogens with one attached hydrogen (secondary N) is 1. The molecule has 0 fully saturated rings. The Kier molecular flexibility index (Phi) is 7.60. The van der Waals surface area contributed by atoms with Crippen molar-refractivity contribution in [3.05, 3.63) is 60.4 Å². The van der Waals surface area contributed by atoms with Crippen molar-refractivity contribution in [3.8, 4) is 5.75 Å². The smallest absolute Gasteiger partial charge is 0.193 e. The monoisotopic (exact) mass is 326 g/mol. The molecule has 5 heteroatoms. The molecule has 0 radical (unpaired) electrons. The lowest BCUT2D eigenvalue weighted by Crippen LogP contribution is -2.41. The fourth-order valence-corrected chi connectivity index (χ4v) is 2.23. The molecular weight excluding hydrogens is 300 g/mol. The van der Waals surface area contributed by atoms with Gasteiger partial charge in [0.05, 0.1) is 6.54 Å². The van der Waals surface area contributed by atoms with Crippen molar-refractivity contribution in [2.45, 2.75) is 13.3 Å². The van der Waals surface area contributed by atoms with Gasteiger partial charge in [0.15, 0.2) is 5.96 Å². The number of hydrogen-bond acceptors (Lipinski definition) is 3. The van der Waals surface area contributed by atoms with Crippen LogP contribution < -0.4 is 10.1 Å². The van der Waals surface area contributed by atoms with E-state index in [0.717, 1.165) is 37.8 Å². The van der Waals surface area contributed by atoms with Crippen molar-refractivity contribution in [1.29, 1.82) is 0 Å². The number of nitrogens with zero attached hydrogens (tertiary/aromatic N) is 3. The zero-order valence-corrected chi connectivity index (χ0v) is 14.5. The van der Waals surface area contributed by atoms with Crippen LogP contribution in [0, 0.1) is 0 Å². The van der Waals surface area contributed by atoms with Crippen molar-refractivity contribution in [2.75, 3.05) is 33.3 Å². The Morgan fingerprint density at radius 1 is 1.21 bits per heavy atom. The maximum absolute atomic E-state index is 5.75. The lowest BCUT2D eigenvalue weighted by atomic mass is 10.2. The molecule has 1 aromatic carbocycles. The summed E-state index contributed by atoms with van der Waals surface area (Å²) in [6.45, 7) is 5.04. The Balaban J connectivity index is 1.80. The second-order valence-electron chi connectivity index (χ2n) is 5.43. The van der Waals surface area contributed by atoms with Gasteiger partial charge in [-0.2, -0.15) is 0 Å². The van der Waals surface area contributed by atoms with Gasteiger partial charge in [-0.15, -0.1) is 0 Å². The van der Waals surface area contributed by atoms with Gasteiger partial charge in [0.1, 0.15) is 12.4 Å². The van der Waals surface area contributed by atoms with Crippen molar-refractivity contribution in [2.24, 2.45) is 4.99 Å². The van der Waals surface area contributed by atoms with Crippen LogP contribution in [0.15, 0.2) is 59.9 Å². The summed E-state index contributed by atoms with van der Waals surface area (Å²) in [5, 5.41) is 3.32. The second-order valence-corrected chi connectivity index (χ2v) is 5.43. The quantitative estimate of drug-likeness (QED) is 0.598. The lowest BCUT2D eigenvalue weighted by molar-refractivity contribution is 0.281. The molecule has 24 heavy (non-hydrogen) atoms. The van der Waals surface area contributed by atoms with E-state index in [0.29, 0.717) is 6.61 Å². The normalized spacial score (nSPS) is 11.2. The number of aliphatic imine (C=N–C) groups is 1. The summed E-state index contributed by atoms with van der Waals surface area (Å²) in [7, 11) is 2.03. The average Bonchev–Trinajstić information content (AvgIpc) is 2.63. The molecule has 2 rings (SSSR count). The first kappa shape index (κ1) is 17.8. The van der Waals surface area contributed by atoms with Gasteiger partial charge in [-0.05, 0) is 37.1 Å². The third-order valence-corrected chi connectivity index (χ3v) is 3.52. The highest BCUT2D eigenvalue weighted by molar-refractivity contribution is 5.79. The number of para-hydroxylation sites is 1. The van der Waals surface area contributed by atoms with Gasteiger partial charge in [0.25, 0.3) is 0 Å². The molecule has 1 aromatic heterocycles. The van der Waals surface area contributed by atoms with Crippen molar-refractivity contribution in [3.63, 3.8) is 0 Å². The minimum Gasteiger partial charge on any atom is -0.492 e. The molecular formula is C19H26N4O. The van der Waals surface area contributed by atoms with Gasteiger partial charge in [-0.3, -0.25) is 9.98 Å². The largest absolute Gasteiger partial charge is 0.492 e. The van der Waals surface area contributed by atoms with E-state index in [1.807, 2.05) is 49.6 Å². The molecule has 0 amide bonds. The van der Waals surface area contributed by atoms with E-state index in [1.165, 1.54) is 5.56 Å². The molecule has 0 aliphatic rings. The van der Waals surface area contributed by atoms with E-state index in [-0.39, 0.29) is 0 Å². The average molecular weight is 326 g/mol. The predicted octanol–water partition coefficient (Wildman–Crippen LogP) is 2.60. The lowest BCUT2D eigenvalue weighted by Gasteiger charge is -2.22. The number of pyridine rings is 1. The Bertz CT molecular complexity index is 601. The highest BCUT2D eigenvalue weighted by Gasteiger charge is 2.05. The van der Waals surface area contributed by atoms with Crippen molar-refractivity contribution >= 4 is 5.96 Å². The summed E-state index contributed by atoms with van der Waals surface area (Å²) in [6, 6.07) is 13.9. The molecule has 0 bridgehead atoms. The van der Waals surface area contributed by atoms with Gasteiger partial charge in [0, 0.05) is 32.5 Å². The summed E-state index contributed by atoms with van der Waals surface area (Å²) in [6.07, 6.45) is 4.56. The highest BCUT2D eigenvalue weighted by atomic mass is 16.5. The van der Waals surface area contributed by atoms with Crippen molar-refractivity contribution < 1.29 is 4.74 Å². The Labute approximate surface area is 144 Å². The number of rotatable bonds is 8. The zero-order chi connectivity index (χ0) is 17.0. The van der Waals surface area contributed by atoms with E-state index >= 15 is 0 Å². The SMILES string of the molecule is CCNC(=NCCc1cccnc1)N(C)CCOc1ccccc1. The van der Waals surface area contributed by atoms with E-state index in [2.05, 4.69) is 33.2 Å². The maximum atomic E-state index is 5.75. The van der Waals surface area contributed by atoms with E-state index in [1.54, 1.807) is 6.20 Å². The molecule has 1 N–H and O–H groups in total. The molecule has 1 heterocycles. The minimum atomic E-state index is 0.619. The van der Waals surface area contributed by atoms with Gasteiger partial charge >= 0.3 is 0 Å². The molecule has 0 unspecified atom stereocenters. The maximum Gasteiger partial charge on any atom is 0.193 e. The molecule has 128 valence electrons. The first-order valence-electron chi connectivity index (χ1n) is 8.35. The predicted molar refractivity (Wildman–Crippen MR) is 98.5 cm³/mol. The molecule has 0 spiro atoms. The van der Waals surface area contributed by atoms with E-state index < -0.39 is 0 Å². The molecule has 0 aliphatic carbocycles. The standard InChI is InChI=1S/C19H26N4O/c1-3-21-19(22-13-11-17-8-7-12-20-16-17)23(2)14-15-24-18-9-5-4-6-10-18/h4-10,12,16H,3,11,13-15H2,1-2H3,(H,21,22). The molecule has 0 aliphatic heterocycles. The topological polar surface area (TPSA) is 49.8 Å². The van der Waals surface area contributed by atoms with E-state index in [9.17, 15) is 0 Å². The summed E-state index contributed by atoms with van der Waals surface area (Å²) < 4.78 is 5.75. The number of hydrogen-bond donors (Lipinski definition) is 1. The van der Waals surface area contributed by atoms with Crippen LogP contribution in [-0.2, 0) is 6.42 Å². The fourth-order valence-electron chi connectivity index (χ4n) is 2.23. The minimum absolute atomic E-state index is 0.619. The van der Waals surface area contributed by atoms with Gasteiger partial charge in [0.2, 0.25) is 0 Å². The van der Waals surface area contributed by atoms with Crippen LogP contribution in [0.1, 0.15) is 12.5 Å². The molecule has 0 saturated carbocycles. The highest BCUT2D eigenvalue weighted by Crippen LogP contribution is 2.07. The number of guanidine groups is 1. The Hall–Kier alpha value is -2.56. The number of benzene rings is 1. The molecule has 2 aromatic rings. The number of ether oxygens (including phenoxy) is 1. The summed E-state index contributed by atoms with van der Waals surface area (Å²) in [5.41, 5.74) is 1.20. The Morgan fingerprint density at radius 2 is 2.04 bits per heavy atom. The van der Waals surface area contributed by atoms with Gasteiger partial charge < -0.3 is 15.0 Å². The fraction of sp³-hybridized carbons (Fsp3) is 0.368. The third kappa shape index (κ3) is 6.28. The summed E-state index contributed by atoms with van der Waals surface area (Å²) in [5.74, 6) is 1.79. The number of aromatic nitrogens is 1. The zero-order valence-electron chi connectivity index (χ0n) is 14.5. The van der Waals surface area contributed by atoms with E-state index in [4.69, 9.17) is 4.74 Å². The first-order valence-corrected chi connectivity index (χ1v) is 8.35. The van der Waals surface area contributed by atoms with Crippen LogP contribution in [0.4, 0.5) is 0 Å². The van der Waals surface area contributed by atoms with Crippen LogP contribution in [0.5, 0.6) is 5.75 Å². The molecule has 0 atom stereocenters. The summed E-state index contributed by atoms with van der Waals surface area (Å²) >= 11 is 0. The van der Waals surface area contributed by atoms with Gasteiger partial charge in [-0.25, -0.2) is 0 Å². The first-order chi connectivity index (χ1) is 11.8. The second kappa shape index (κ2) is 10.3. The summed E-state index contributed by atoms with van der Waals surface area (Å²) in [4.78, 5) is 10.9. The van der Waals surface area contributed by atoms with Gasteiger partial charge in [-0.1, -0.05) is 24.3 Å². The van der Waals surface area contributed by atoms with Crippen LogP contribution in [0.2, 0.25) is 0 Å². The molecule has 0 saturated heterocycles. The molecule has 5 nitrogen and oxygen atoms in total. The van der Waals surface area contributed by atoms with Crippen molar-refractivity contribution in [1.82, 2.24) is 15.2 Å². The van der Waals surface area contributed by atoms with Crippen LogP contribution in [0.25, 0.3) is 0 Å². The van der Waals surface area contributed by atoms with Crippen LogP contribution >= 0.6 is 0 Å². The van der Waals surface area contributed by atoms with Crippen LogP contribution in [0.3, 0.4) is 0 Å². The third-order valence-electron chi connectivity index (χ3n) is 3.52. The van der Waals surface area contributed by atoms with Crippen LogP contribution in [-0.4, -0.2) is 49.1 Å².